The fraction of sp³-hybridized carbons (Fsp3) is 0.294. The Morgan fingerprint density at radius 1 is 1.24 bits per heavy atom. The van der Waals surface area contributed by atoms with Crippen molar-refractivity contribution >= 4 is 11.6 Å². The van der Waals surface area contributed by atoms with Gasteiger partial charge in [0.15, 0.2) is 0 Å². The van der Waals surface area contributed by atoms with E-state index in [-0.39, 0.29) is 5.91 Å². The summed E-state index contributed by atoms with van der Waals surface area (Å²) in [5.74, 6) is 0.0262. The van der Waals surface area contributed by atoms with E-state index in [4.69, 9.17) is 5.73 Å². The molecule has 0 aliphatic heterocycles. The number of amides is 1. The Kier molecular flexibility index (Phi) is 4.93. The summed E-state index contributed by atoms with van der Waals surface area (Å²) in [5, 5.41) is 0. The molecule has 0 radical (unpaired) electrons. The minimum atomic E-state index is 0.0262. The molecular formula is C17H21N3O. The molecule has 0 bridgehead atoms. The van der Waals surface area contributed by atoms with Crippen molar-refractivity contribution < 1.29 is 4.79 Å². The van der Waals surface area contributed by atoms with Crippen LogP contribution in [0, 0.1) is 6.92 Å². The molecule has 21 heavy (non-hydrogen) atoms. The number of nitrogen functional groups attached to an aromatic ring is 1. The average Bonchev–Trinajstić information content (AvgIpc) is 2.51. The molecule has 1 amide bonds. The highest BCUT2D eigenvalue weighted by molar-refractivity contribution is 5.95. The van der Waals surface area contributed by atoms with Gasteiger partial charge >= 0.3 is 0 Å². The first-order chi connectivity index (χ1) is 10.1. The van der Waals surface area contributed by atoms with Crippen LogP contribution in [0.4, 0.5) is 5.69 Å². The van der Waals surface area contributed by atoms with Crippen LogP contribution in [0.3, 0.4) is 0 Å². The third-order valence-corrected chi connectivity index (χ3v) is 3.61. The zero-order valence-corrected chi connectivity index (χ0v) is 12.5. The van der Waals surface area contributed by atoms with E-state index in [0.717, 1.165) is 12.0 Å². The van der Waals surface area contributed by atoms with Gasteiger partial charge in [0.05, 0.1) is 0 Å². The Morgan fingerprint density at radius 3 is 2.57 bits per heavy atom. The molecule has 2 aromatic rings. The van der Waals surface area contributed by atoms with Gasteiger partial charge in [0.2, 0.25) is 0 Å². The Morgan fingerprint density at radius 2 is 1.95 bits per heavy atom. The van der Waals surface area contributed by atoms with Crippen molar-refractivity contribution in [3.05, 3.63) is 59.4 Å². The number of hydrogen-bond donors (Lipinski definition) is 1. The lowest BCUT2D eigenvalue weighted by atomic mass is 10.1. The van der Waals surface area contributed by atoms with E-state index in [1.165, 1.54) is 5.56 Å². The van der Waals surface area contributed by atoms with Gasteiger partial charge < -0.3 is 10.6 Å². The van der Waals surface area contributed by atoms with Gasteiger partial charge in [0, 0.05) is 36.7 Å². The van der Waals surface area contributed by atoms with Crippen LogP contribution in [-0.4, -0.2) is 28.9 Å². The molecule has 110 valence electrons. The van der Waals surface area contributed by atoms with E-state index < -0.39 is 0 Å². The van der Waals surface area contributed by atoms with Gasteiger partial charge in [-0.25, -0.2) is 0 Å². The first-order valence-electron chi connectivity index (χ1n) is 7.16. The first-order valence-corrected chi connectivity index (χ1v) is 7.16. The predicted octanol–water partition coefficient (Wildman–Crippen LogP) is 2.68. The number of carbonyl (C=O) groups excluding carboxylic acids is 1. The zero-order valence-electron chi connectivity index (χ0n) is 12.5. The number of hydrogen-bond acceptors (Lipinski definition) is 3. The fourth-order valence-corrected chi connectivity index (χ4v) is 2.17. The summed E-state index contributed by atoms with van der Waals surface area (Å²) in [6.07, 6.45) is 4.37. The SMILES string of the molecule is CCN(CCc1ccncc1)C(=O)c1ccc(C)c(N)c1. The standard InChI is InChI=1S/C17H21N3O/c1-3-20(11-8-14-6-9-19-10-7-14)17(21)15-5-4-13(2)16(18)12-15/h4-7,9-10,12H,3,8,11,18H2,1-2H3. The Hall–Kier alpha value is -2.36. The third kappa shape index (κ3) is 3.81. The highest BCUT2D eigenvalue weighted by atomic mass is 16.2. The molecule has 2 N–H and O–H groups in total. The van der Waals surface area contributed by atoms with Crippen LogP contribution < -0.4 is 5.73 Å². The number of nitrogens with two attached hydrogens (primary N) is 1. The molecule has 0 unspecified atom stereocenters. The molecule has 1 aromatic carbocycles. The van der Waals surface area contributed by atoms with Crippen molar-refractivity contribution in [2.75, 3.05) is 18.8 Å². The summed E-state index contributed by atoms with van der Waals surface area (Å²) in [4.78, 5) is 18.4. The van der Waals surface area contributed by atoms with E-state index >= 15 is 0 Å². The van der Waals surface area contributed by atoms with Crippen LogP contribution in [0.2, 0.25) is 0 Å². The molecule has 0 atom stereocenters. The van der Waals surface area contributed by atoms with Gasteiger partial charge in [-0.2, -0.15) is 0 Å². The number of aryl methyl sites for hydroxylation is 1. The number of nitrogens with zero attached hydrogens (tertiary/aromatic N) is 2. The van der Waals surface area contributed by atoms with Gasteiger partial charge in [0.1, 0.15) is 0 Å². The lowest BCUT2D eigenvalue weighted by Crippen LogP contribution is -2.32. The normalized spacial score (nSPS) is 10.4. The third-order valence-electron chi connectivity index (χ3n) is 3.61. The molecular weight excluding hydrogens is 262 g/mol. The fourth-order valence-electron chi connectivity index (χ4n) is 2.17. The Labute approximate surface area is 125 Å². The molecule has 1 aromatic heterocycles. The van der Waals surface area contributed by atoms with Gasteiger partial charge in [-0.05, 0) is 55.7 Å². The lowest BCUT2D eigenvalue weighted by Gasteiger charge is -2.21. The zero-order chi connectivity index (χ0) is 15.2. The number of benzene rings is 1. The highest BCUT2D eigenvalue weighted by Gasteiger charge is 2.14. The maximum Gasteiger partial charge on any atom is 0.253 e. The van der Waals surface area contributed by atoms with Gasteiger partial charge in [-0.1, -0.05) is 6.07 Å². The summed E-state index contributed by atoms with van der Waals surface area (Å²) >= 11 is 0. The van der Waals surface area contributed by atoms with Crippen molar-refractivity contribution in [3.8, 4) is 0 Å². The minimum absolute atomic E-state index is 0.0262. The molecule has 1 heterocycles. The summed E-state index contributed by atoms with van der Waals surface area (Å²) in [7, 11) is 0. The Balaban J connectivity index is 2.06. The van der Waals surface area contributed by atoms with Crippen LogP contribution in [0.1, 0.15) is 28.4 Å². The number of carbonyl (C=O) groups is 1. The summed E-state index contributed by atoms with van der Waals surface area (Å²) in [6, 6.07) is 9.43. The van der Waals surface area contributed by atoms with Crippen LogP contribution in [0.25, 0.3) is 0 Å². The summed E-state index contributed by atoms with van der Waals surface area (Å²) in [5.41, 5.74) is 9.37. The van der Waals surface area contributed by atoms with Gasteiger partial charge in [-0.3, -0.25) is 9.78 Å². The van der Waals surface area contributed by atoms with E-state index in [0.29, 0.717) is 24.3 Å². The van der Waals surface area contributed by atoms with Gasteiger partial charge in [-0.15, -0.1) is 0 Å². The molecule has 0 fully saturated rings. The maximum atomic E-state index is 12.5. The predicted molar refractivity (Wildman–Crippen MR) is 85.1 cm³/mol. The van der Waals surface area contributed by atoms with Crippen molar-refractivity contribution in [1.29, 1.82) is 0 Å². The average molecular weight is 283 g/mol. The second-order valence-corrected chi connectivity index (χ2v) is 5.06. The van der Waals surface area contributed by atoms with Crippen LogP contribution >= 0.6 is 0 Å². The molecule has 4 heteroatoms. The quantitative estimate of drug-likeness (QED) is 0.858. The molecule has 0 aliphatic carbocycles. The molecule has 0 spiro atoms. The van der Waals surface area contributed by atoms with Gasteiger partial charge in [0.25, 0.3) is 5.91 Å². The van der Waals surface area contributed by atoms with Crippen LogP contribution in [0.5, 0.6) is 0 Å². The highest BCUT2D eigenvalue weighted by Crippen LogP contribution is 2.15. The molecule has 0 aliphatic rings. The van der Waals surface area contributed by atoms with Crippen molar-refractivity contribution in [1.82, 2.24) is 9.88 Å². The second kappa shape index (κ2) is 6.88. The van der Waals surface area contributed by atoms with E-state index in [9.17, 15) is 4.79 Å². The number of pyridine rings is 1. The summed E-state index contributed by atoms with van der Waals surface area (Å²) < 4.78 is 0. The molecule has 2 rings (SSSR count). The topological polar surface area (TPSA) is 59.2 Å². The maximum absolute atomic E-state index is 12.5. The van der Waals surface area contributed by atoms with Crippen molar-refractivity contribution in [2.24, 2.45) is 0 Å². The second-order valence-electron chi connectivity index (χ2n) is 5.06. The molecule has 0 saturated heterocycles. The van der Waals surface area contributed by atoms with Crippen LogP contribution in [-0.2, 0) is 6.42 Å². The monoisotopic (exact) mass is 283 g/mol. The first kappa shape index (κ1) is 15.0. The Bertz CT molecular complexity index is 611. The number of aromatic nitrogens is 1. The molecule has 4 nitrogen and oxygen atoms in total. The number of anilines is 1. The largest absolute Gasteiger partial charge is 0.398 e. The van der Waals surface area contributed by atoms with E-state index in [1.54, 1.807) is 18.5 Å². The van der Waals surface area contributed by atoms with E-state index in [2.05, 4.69) is 4.98 Å². The van der Waals surface area contributed by atoms with Crippen LogP contribution in [0.15, 0.2) is 42.7 Å². The van der Waals surface area contributed by atoms with Crippen molar-refractivity contribution in [2.45, 2.75) is 20.3 Å². The van der Waals surface area contributed by atoms with E-state index in [1.807, 2.05) is 43.0 Å². The minimum Gasteiger partial charge on any atom is -0.398 e. The van der Waals surface area contributed by atoms with Crippen molar-refractivity contribution in [3.63, 3.8) is 0 Å². The smallest absolute Gasteiger partial charge is 0.253 e. The summed E-state index contributed by atoms with van der Waals surface area (Å²) in [6.45, 7) is 5.29. The number of likely N-dealkylation sites (N-methyl/N-ethyl adjacent to an activating group) is 1. The number of rotatable bonds is 5. The molecule has 0 saturated carbocycles. The lowest BCUT2D eigenvalue weighted by molar-refractivity contribution is 0.0766.